The maximum Gasteiger partial charge on any atom is 0.416 e. The summed E-state index contributed by atoms with van der Waals surface area (Å²) in [7, 11) is 0. The largest absolute Gasteiger partial charge is 0.481 e. The Balaban J connectivity index is 2.43. The topological polar surface area (TPSA) is 37.3 Å². The van der Waals surface area contributed by atoms with E-state index < -0.39 is 33.9 Å². The molecule has 0 amide bonds. The van der Waals surface area contributed by atoms with Crippen LogP contribution in [-0.2, 0) is 11.0 Å². The van der Waals surface area contributed by atoms with Crippen LogP contribution < -0.4 is 0 Å². The third-order valence-corrected chi connectivity index (χ3v) is 4.08. The first-order valence-corrected chi connectivity index (χ1v) is 6.17. The summed E-state index contributed by atoms with van der Waals surface area (Å²) in [5.41, 5.74) is -0.896. The van der Waals surface area contributed by atoms with Crippen molar-refractivity contribution in [3.05, 3.63) is 34.3 Å². The molecule has 1 saturated carbocycles. The number of hydrogen-bond donors (Lipinski definition) is 1. The first-order chi connectivity index (χ1) is 8.55. The molecule has 1 aliphatic rings. The summed E-state index contributed by atoms with van der Waals surface area (Å²) >= 11 is 17.2. The zero-order chi connectivity index (χ0) is 14.6. The molecule has 2 nitrogen and oxygen atoms in total. The van der Waals surface area contributed by atoms with Crippen molar-refractivity contribution in [2.24, 2.45) is 5.92 Å². The van der Waals surface area contributed by atoms with E-state index in [1.165, 1.54) is 6.07 Å². The van der Waals surface area contributed by atoms with Crippen LogP contribution in [0.25, 0.3) is 0 Å². The van der Waals surface area contributed by atoms with Crippen molar-refractivity contribution in [1.29, 1.82) is 0 Å². The van der Waals surface area contributed by atoms with Crippen LogP contribution in [0.2, 0.25) is 5.02 Å². The van der Waals surface area contributed by atoms with Crippen LogP contribution in [-0.4, -0.2) is 15.4 Å². The molecule has 0 aromatic heterocycles. The molecule has 19 heavy (non-hydrogen) atoms. The average molecular weight is 334 g/mol. The van der Waals surface area contributed by atoms with Gasteiger partial charge in [0.2, 0.25) is 0 Å². The predicted octanol–water partition coefficient (Wildman–Crippen LogP) is 4.33. The standard InChI is InChI=1S/C11H6Cl3F3O2/c12-6-2-4(1-5(3-6)11(15,16)17)7-8(9(18)19)10(7,13)14/h1-3,7-8H,(H,18,19). The number of carbonyl (C=O) groups is 1. The first-order valence-electron chi connectivity index (χ1n) is 5.03. The zero-order valence-corrected chi connectivity index (χ0v) is 11.3. The molecule has 8 heteroatoms. The van der Waals surface area contributed by atoms with Crippen LogP contribution in [0.15, 0.2) is 18.2 Å². The van der Waals surface area contributed by atoms with Gasteiger partial charge < -0.3 is 5.11 Å². The van der Waals surface area contributed by atoms with Crippen LogP contribution in [0, 0.1) is 5.92 Å². The number of carboxylic acid groups (broad SMARTS) is 1. The van der Waals surface area contributed by atoms with Crippen molar-refractivity contribution in [3.63, 3.8) is 0 Å². The summed E-state index contributed by atoms with van der Waals surface area (Å²) in [5, 5.41) is 8.75. The molecule has 2 unspecified atom stereocenters. The van der Waals surface area contributed by atoms with Gasteiger partial charge in [-0.15, -0.1) is 0 Å². The van der Waals surface area contributed by atoms with Gasteiger partial charge in [0.1, 0.15) is 4.33 Å². The van der Waals surface area contributed by atoms with Gasteiger partial charge in [-0.05, 0) is 23.8 Å². The van der Waals surface area contributed by atoms with E-state index in [1.54, 1.807) is 0 Å². The highest BCUT2D eigenvalue weighted by Crippen LogP contribution is 2.65. The fourth-order valence-electron chi connectivity index (χ4n) is 2.00. The lowest BCUT2D eigenvalue weighted by Gasteiger charge is -2.10. The van der Waals surface area contributed by atoms with Gasteiger partial charge in [-0.3, -0.25) is 4.79 Å². The van der Waals surface area contributed by atoms with Crippen molar-refractivity contribution in [1.82, 2.24) is 0 Å². The lowest BCUT2D eigenvalue weighted by atomic mass is 10.1. The van der Waals surface area contributed by atoms with Gasteiger partial charge in [-0.25, -0.2) is 0 Å². The highest BCUT2D eigenvalue weighted by atomic mass is 35.5. The second-order valence-electron chi connectivity index (χ2n) is 4.24. The summed E-state index contributed by atoms with van der Waals surface area (Å²) in [6, 6.07) is 2.82. The molecule has 104 valence electrons. The normalized spacial score (nSPS) is 25.2. The van der Waals surface area contributed by atoms with Crippen LogP contribution in [0.5, 0.6) is 0 Å². The Bertz CT molecular complexity index is 542. The maximum atomic E-state index is 12.6. The molecule has 1 aromatic carbocycles. The summed E-state index contributed by atoms with van der Waals surface area (Å²) < 4.78 is 36.3. The van der Waals surface area contributed by atoms with E-state index in [9.17, 15) is 18.0 Å². The van der Waals surface area contributed by atoms with Crippen molar-refractivity contribution >= 4 is 40.8 Å². The minimum absolute atomic E-state index is 0.0669. The molecule has 0 radical (unpaired) electrons. The third kappa shape index (κ3) is 2.64. The van der Waals surface area contributed by atoms with Crippen LogP contribution >= 0.6 is 34.8 Å². The van der Waals surface area contributed by atoms with E-state index >= 15 is 0 Å². The Morgan fingerprint density at radius 1 is 1.26 bits per heavy atom. The Morgan fingerprint density at radius 2 is 1.84 bits per heavy atom. The number of carboxylic acids is 1. The molecular formula is C11H6Cl3F3O2. The van der Waals surface area contributed by atoms with Crippen LogP contribution in [0.1, 0.15) is 17.0 Å². The zero-order valence-electron chi connectivity index (χ0n) is 9.01. The molecule has 0 saturated heterocycles. The molecule has 0 aliphatic heterocycles. The molecule has 0 spiro atoms. The lowest BCUT2D eigenvalue weighted by Crippen LogP contribution is -2.06. The van der Waals surface area contributed by atoms with E-state index in [0.29, 0.717) is 0 Å². The van der Waals surface area contributed by atoms with Gasteiger partial charge >= 0.3 is 12.1 Å². The minimum Gasteiger partial charge on any atom is -0.481 e. The number of benzene rings is 1. The third-order valence-electron chi connectivity index (χ3n) is 2.93. The SMILES string of the molecule is O=C(O)C1C(c2cc(Cl)cc(C(F)(F)F)c2)C1(Cl)Cl. The van der Waals surface area contributed by atoms with Gasteiger partial charge in [0.05, 0.1) is 11.5 Å². The number of aliphatic carboxylic acids is 1. The van der Waals surface area contributed by atoms with E-state index in [-0.39, 0.29) is 10.6 Å². The molecular weight excluding hydrogens is 327 g/mol. The van der Waals surface area contributed by atoms with E-state index in [2.05, 4.69) is 0 Å². The van der Waals surface area contributed by atoms with Gasteiger partial charge in [0.15, 0.2) is 0 Å². The van der Waals surface area contributed by atoms with Crippen LogP contribution in [0.4, 0.5) is 13.2 Å². The van der Waals surface area contributed by atoms with E-state index in [1.807, 2.05) is 0 Å². The Hall–Kier alpha value is -0.650. The maximum absolute atomic E-state index is 12.6. The van der Waals surface area contributed by atoms with Gasteiger partial charge in [-0.2, -0.15) is 13.2 Å². The van der Waals surface area contributed by atoms with Gasteiger partial charge in [0.25, 0.3) is 0 Å². The Kier molecular flexibility index (Phi) is 3.44. The monoisotopic (exact) mass is 332 g/mol. The summed E-state index contributed by atoms with van der Waals surface area (Å²) in [4.78, 5) is 10.9. The number of halogens is 6. The predicted molar refractivity (Wildman–Crippen MR) is 64.8 cm³/mol. The van der Waals surface area contributed by atoms with Crippen LogP contribution in [0.3, 0.4) is 0 Å². The number of hydrogen-bond acceptors (Lipinski definition) is 1. The van der Waals surface area contributed by atoms with E-state index in [4.69, 9.17) is 39.9 Å². The summed E-state index contributed by atoms with van der Waals surface area (Å²) in [6.45, 7) is 0. The molecule has 1 fully saturated rings. The highest BCUT2D eigenvalue weighted by Gasteiger charge is 2.68. The first kappa shape index (κ1) is 14.8. The quantitative estimate of drug-likeness (QED) is 0.818. The molecule has 2 atom stereocenters. The smallest absolute Gasteiger partial charge is 0.416 e. The number of alkyl halides is 5. The van der Waals surface area contributed by atoms with E-state index in [0.717, 1.165) is 12.1 Å². The second-order valence-corrected chi connectivity index (χ2v) is 6.12. The molecule has 1 aromatic rings. The Labute approximate surface area is 121 Å². The Morgan fingerprint density at radius 3 is 2.26 bits per heavy atom. The van der Waals surface area contributed by atoms with Crippen molar-refractivity contribution < 1.29 is 23.1 Å². The van der Waals surface area contributed by atoms with Crippen molar-refractivity contribution in [2.45, 2.75) is 16.4 Å². The molecule has 2 rings (SSSR count). The fourth-order valence-corrected chi connectivity index (χ4v) is 3.06. The molecule has 0 bridgehead atoms. The average Bonchev–Trinajstić information content (AvgIpc) is 2.79. The fraction of sp³-hybridized carbons (Fsp3) is 0.364. The summed E-state index contributed by atoms with van der Waals surface area (Å²) in [5.74, 6) is -3.31. The molecule has 1 aliphatic carbocycles. The van der Waals surface area contributed by atoms with Crippen molar-refractivity contribution in [2.75, 3.05) is 0 Å². The molecule has 0 heterocycles. The number of rotatable bonds is 2. The highest BCUT2D eigenvalue weighted by molar-refractivity contribution is 6.53. The van der Waals surface area contributed by atoms with Crippen molar-refractivity contribution in [3.8, 4) is 0 Å². The van der Waals surface area contributed by atoms with Gasteiger partial charge in [0, 0.05) is 10.9 Å². The molecule has 1 N–H and O–H groups in total. The minimum atomic E-state index is -4.57. The van der Waals surface area contributed by atoms with Gasteiger partial charge in [-0.1, -0.05) is 34.8 Å². The summed E-state index contributed by atoms with van der Waals surface area (Å²) in [6.07, 6.45) is -4.57. The second kappa shape index (κ2) is 4.43. The lowest BCUT2D eigenvalue weighted by molar-refractivity contribution is -0.138.